The zero-order valence-electron chi connectivity index (χ0n) is 12.6. The molecule has 1 atom stereocenters. The van der Waals surface area contributed by atoms with E-state index in [-0.39, 0.29) is 24.2 Å². The molecule has 1 aliphatic rings. The molecule has 1 unspecified atom stereocenters. The van der Waals surface area contributed by atoms with Crippen molar-refractivity contribution in [1.29, 1.82) is 0 Å². The maximum absolute atomic E-state index is 12.8. The molecule has 2 heterocycles. The third-order valence-electron chi connectivity index (χ3n) is 3.89. The quantitative estimate of drug-likeness (QED) is 0.872. The van der Waals surface area contributed by atoms with Gasteiger partial charge in [0, 0.05) is 17.5 Å². The van der Waals surface area contributed by atoms with E-state index < -0.39 is 0 Å². The van der Waals surface area contributed by atoms with E-state index in [0.717, 1.165) is 48.1 Å². The van der Waals surface area contributed by atoms with Crippen LogP contribution in [-0.4, -0.2) is 36.5 Å². The number of thiophene rings is 1. The zero-order chi connectivity index (χ0) is 14.5. The van der Waals surface area contributed by atoms with Gasteiger partial charge in [0.15, 0.2) is 0 Å². The predicted molar refractivity (Wildman–Crippen MR) is 92.9 cm³/mol. The first-order chi connectivity index (χ1) is 9.63. The van der Waals surface area contributed by atoms with Gasteiger partial charge in [-0.2, -0.15) is 0 Å². The zero-order valence-corrected chi connectivity index (χ0v) is 15.0. The van der Waals surface area contributed by atoms with Crippen LogP contribution in [0.5, 0.6) is 0 Å². The molecular formula is C15H24Cl2N2OS. The van der Waals surface area contributed by atoms with Crippen molar-refractivity contribution in [2.24, 2.45) is 0 Å². The minimum Gasteiger partial charge on any atom is -0.339 e. The number of hydrogen-bond donors (Lipinski definition) is 1. The highest BCUT2D eigenvalue weighted by atomic mass is 35.5. The van der Waals surface area contributed by atoms with Gasteiger partial charge in [-0.05, 0) is 51.4 Å². The molecule has 0 bridgehead atoms. The summed E-state index contributed by atoms with van der Waals surface area (Å²) in [5.41, 5.74) is 0. The molecule has 1 aromatic rings. The number of rotatable bonds is 5. The van der Waals surface area contributed by atoms with Gasteiger partial charge in [0.1, 0.15) is 0 Å². The van der Waals surface area contributed by atoms with Gasteiger partial charge < -0.3 is 10.2 Å². The number of nitrogens with one attached hydrogen (secondary N) is 1. The van der Waals surface area contributed by atoms with Crippen molar-refractivity contribution in [3.8, 4) is 0 Å². The summed E-state index contributed by atoms with van der Waals surface area (Å²) in [4.78, 5) is 16.0. The first kappa shape index (κ1) is 18.8. The summed E-state index contributed by atoms with van der Waals surface area (Å²) in [6, 6.07) is 4.24. The van der Waals surface area contributed by atoms with Crippen LogP contribution in [0.25, 0.3) is 0 Å². The third-order valence-corrected chi connectivity index (χ3v) is 5.30. The number of piperidine rings is 1. The van der Waals surface area contributed by atoms with Crippen LogP contribution in [-0.2, 0) is 4.79 Å². The van der Waals surface area contributed by atoms with Crippen molar-refractivity contribution < 1.29 is 4.79 Å². The number of carbonyl (C=O) groups excluding carboxylic acids is 1. The minimum absolute atomic E-state index is 0. The number of hydrogen-bond acceptors (Lipinski definition) is 3. The Kier molecular flexibility index (Phi) is 8.03. The minimum atomic E-state index is -0.0889. The molecule has 1 amide bonds. The third kappa shape index (κ3) is 4.85. The Labute approximate surface area is 142 Å². The molecule has 0 radical (unpaired) electrons. The first-order valence-electron chi connectivity index (χ1n) is 7.40. The van der Waals surface area contributed by atoms with Crippen LogP contribution in [0.4, 0.5) is 0 Å². The van der Waals surface area contributed by atoms with E-state index >= 15 is 0 Å². The Hall–Kier alpha value is -0.290. The van der Waals surface area contributed by atoms with E-state index in [2.05, 4.69) is 17.1 Å². The molecule has 0 aromatic carbocycles. The lowest BCUT2D eigenvalue weighted by Crippen LogP contribution is -2.47. The van der Waals surface area contributed by atoms with Gasteiger partial charge in [-0.25, -0.2) is 0 Å². The van der Waals surface area contributed by atoms with Crippen LogP contribution < -0.4 is 5.32 Å². The highest BCUT2D eigenvalue weighted by Gasteiger charge is 2.29. The van der Waals surface area contributed by atoms with E-state index in [1.807, 2.05) is 19.1 Å². The first-order valence-corrected chi connectivity index (χ1v) is 8.59. The molecule has 0 spiro atoms. The van der Waals surface area contributed by atoms with Gasteiger partial charge in [0.2, 0.25) is 5.91 Å². The maximum Gasteiger partial charge on any atom is 0.230 e. The normalized spacial score (nSPS) is 17.1. The maximum atomic E-state index is 12.8. The van der Waals surface area contributed by atoms with E-state index in [0.29, 0.717) is 6.04 Å². The highest BCUT2D eigenvalue weighted by molar-refractivity contribution is 7.16. The Morgan fingerprint density at radius 1 is 1.48 bits per heavy atom. The van der Waals surface area contributed by atoms with E-state index in [1.54, 1.807) is 0 Å². The Morgan fingerprint density at radius 3 is 2.67 bits per heavy atom. The SMILES string of the molecule is CCCN(C(=O)C(C)c1ccc(Cl)s1)C1CCNCC1.Cl. The molecule has 0 aliphatic carbocycles. The highest BCUT2D eigenvalue weighted by Crippen LogP contribution is 2.30. The van der Waals surface area contributed by atoms with Gasteiger partial charge in [-0.15, -0.1) is 23.7 Å². The van der Waals surface area contributed by atoms with Crippen molar-refractivity contribution in [3.05, 3.63) is 21.3 Å². The summed E-state index contributed by atoms with van der Waals surface area (Å²) in [6.45, 7) is 7.00. The van der Waals surface area contributed by atoms with Crippen molar-refractivity contribution in [2.75, 3.05) is 19.6 Å². The largest absolute Gasteiger partial charge is 0.339 e. The van der Waals surface area contributed by atoms with Crippen molar-refractivity contribution >= 4 is 41.3 Å². The monoisotopic (exact) mass is 350 g/mol. The molecule has 3 nitrogen and oxygen atoms in total. The van der Waals surface area contributed by atoms with Crippen LogP contribution >= 0.6 is 35.3 Å². The van der Waals surface area contributed by atoms with Gasteiger partial charge in [-0.1, -0.05) is 18.5 Å². The molecule has 6 heteroatoms. The number of nitrogens with zero attached hydrogens (tertiary/aromatic N) is 1. The van der Waals surface area contributed by atoms with Crippen LogP contribution in [0.1, 0.15) is 43.9 Å². The topological polar surface area (TPSA) is 32.3 Å². The molecule has 1 N–H and O–H groups in total. The number of halogens is 2. The molecule has 1 aliphatic heterocycles. The number of carbonyl (C=O) groups is 1. The standard InChI is InChI=1S/C15H23ClN2OS.ClH/c1-3-10-18(12-6-8-17-9-7-12)15(19)11(2)13-4-5-14(16)20-13;/h4-5,11-12,17H,3,6-10H2,1-2H3;1H. The average molecular weight is 351 g/mol. The molecule has 2 rings (SSSR count). The summed E-state index contributed by atoms with van der Waals surface area (Å²) < 4.78 is 0.753. The second-order valence-corrected chi connectivity index (χ2v) is 7.12. The second kappa shape index (κ2) is 8.99. The molecule has 1 saturated heterocycles. The fourth-order valence-corrected chi connectivity index (χ4v) is 3.87. The smallest absolute Gasteiger partial charge is 0.230 e. The molecule has 120 valence electrons. The van der Waals surface area contributed by atoms with E-state index in [4.69, 9.17) is 11.6 Å². The van der Waals surface area contributed by atoms with Crippen LogP contribution in [0.2, 0.25) is 4.34 Å². The lowest BCUT2D eigenvalue weighted by Gasteiger charge is -2.36. The van der Waals surface area contributed by atoms with E-state index in [9.17, 15) is 4.79 Å². The lowest BCUT2D eigenvalue weighted by atomic mass is 10.0. The van der Waals surface area contributed by atoms with Gasteiger partial charge in [-0.3, -0.25) is 4.79 Å². The summed E-state index contributed by atoms with van der Waals surface area (Å²) in [7, 11) is 0. The van der Waals surface area contributed by atoms with Crippen molar-refractivity contribution in [1.82, 2.24) is 10.2 Å². The van der Waals surface area contributed by atoms with Crippen molar-refractivity contribution in [3.63, 3.8) is 0 Å². The predicted octanol–water partition coefficient (Wildman–Crippen LogP) is 3.92. The molecule has 21 heavy (non-hydrogen) atoms. The van der Waals surface area contributed by atoms with Crippen LogP contribution in [0.15, 0.2) is 12.1 Å². The summed E-state index contributed by atoms with van der Waals surface area (Å²) in [5.74, 6) is 0.159. The number of amides is 1. The lowest BCUT2D eigenvalue weighted by molar-refractivity contribution is -0.135. The molecular weight excluding hydrogens is 327 g/mol. The Bertz CT molecular complexity index is 447. The van der Waals surface area contributed by atoms with Gasteiger partial charge >= 0.3 is 0 Å². The van der Waals surface area contributed by atoms with E-state index in [1.165, 1.54) is 11.3 Å². The van der Waals surface area contributed by atoms with Crippen LogP contribution in [0, 0.1) is 0 Å². The second-order valence-electron chi connectivity index (χ2n) is 5.38. The Morgan fingerprint density at radius 2 is 2.14 bits per heavy atom. The van der Waals surface area contributed by atoms with Gasteiger partial charge in [0.25, 0.3) is 0 Å². The Balaban J connectivity index is 0.00000220. The summed E-state index contributed by atoms with van der Waals surface area (Å²) in [6.07, 6.45) is 3.13. The summed E-state index contributed by atoms with van der Waals surface area (Å²) >= 11 is 7.50. The van der Waals surface area contributed by atoms with Crippen LogP contribution in [0.3, 0.4) is 0 Å². The average Bonchev–Trinajstić information content (AvgIpc) is 2.91. The van der Waals surface area contributed by atoms with Gasteiger partial charge in [0.05, 0.1) is 10.3 Å². The fraction of sp³-hybridized carbons (Fsp3) is 0.667. The molecule has 1 aromatic heterocycles. The molecule has 0 saturated carbocycles. The molecule has 1 fully saturated rings. The summed E-state index contributed by atoms with van der Waals surface area (Å²) in [5, 5.41) is 3.36. The fourth-order valence-electron chi connectivity index (χ4n) is 2.76. The van der Waals surface area contributed by atoms with Crippen molar-refractivity contribution in [2.45, 2.75) is 45.1 Å².